The number of thiazole rings is 1. The molecule has 0 spiro atoms. The fraction of sp³-hybridized carbons (Fsp3) is 0.182. The second-order valence-electron chi connectivity index (χ2n) is 3.29. The van der Waals surface area contributed by atoms with Gasteiger partial charge in [-0.05, 0) is 19.1 Å². The number of ether oxygens (including phenoxy) is 1. The number of hydrogen-bond donors (Lipinski definition) is 1. The molecule has 17 heavy (non-hydrogen) atoms. The number of nitrogens with one attached hydrogen (secondary N) is 1. The largest absolute Gasteiger partial charge is 0.452 e. The molecule has 1 amide bonds. The van der Waals surface area contributed by atoms with Crippen LogP contribution >= 0.6 is 11.3 Å². The number of benzene rings is 1. The molecule has 0 aliphatic rings. The smallest absolute Gasteiger partial charge is 0.427 e. The van der Waals surface area contributed by atoms with Crippen LogP contribution in [0.3, 0.4) is 0 Å². The second kappa shape index (κ2) is 4.92. The van der Waals surface area contributed by atoms with Crippen molar-refractivity contribution in [1.82, 2.24) is 10.4 Å². The Hall–Kier alpha value is -1.95. The summed E-state index contributed by atoms with van der Waals surface area (Å²) in [6.45, 7) is 1.79. The molecule has 0 saturated heterocycles. The van der Waals surface area contributed by atoms with Gasteiger partial charge in [0.15, 0.2) is 0 Å². The molecular formula is C11H11N3O2S. The molecule has 1 aromatic carbocycles. The van der Waals surface area contributed by atoms with E-state index in [9.17, 15) is 4.79 Å². The Bertz CT molecular complexity index is 544. The van der Waals surface area contributed by atoms with Crippen molar-refractivity contribution in [3.05, 3.63) is 29.3 Å². The van der Waals surface area contributed by atoms with Crippen LogP contribution in [0.5, 0.6) is 0 Å². The lowest BCUT2D eigenvalue weighted by Gasteiger charge is -1.97. The van der Waals surface area contributed by atoms with E-state index in [4.69, 9.17) is 0 Å². The van der Waals surface area contributed by atoms with Gasteiger partial charge in [0.1, 0.15) is 5.01 Å². The van der Waals surface area contributed by atoms with Crippen molar-refractivity contribution in [3.63, 3.8) is 0 Å². The fourth-order valence-electron chi connectivity index (χ4n) is 1.25. The van der Waals surface area contributed by atoms with Gasteiger partial charge < -0.3 is 4.74 Å². The minimum Gasteiger partial charge on any atom is -0.452 e. The highest BCUT2D eigenvalue weighted by atomic mass is 32.1. The minimum absolute atomic E-state index is 0.592. The van der Waals surface area contributed by atoms with E-state index < -0.39 is 6.09 Å². The number of methoxy groups -OCH3 is 1. The Balaban J connectivity index is 2.24. The summed E-state index contributed by atoms with van der Waals surface area (Å²) in [6, 6.07) is 7.84. The normalized spacial score (nSPS) is 11.5. The number of hydrogen-bond acceptors (Lipinski definition) is 5. The number of fused-ring (bicyclic) bond motifs is 1. The summed E-state index contributed by atoms with van der Waals surface area (Å²) in [4.78, 5) is 15.3. The Morgan fingerprint density at radius 3 is 2.94 bits per heavy atom. The SMILES string of the molecule is COC(=O)N/N=C(\C)c1nc2ccccc2s1. The highest BCUT2D eigenvalue weighted by molar-refractivity contribution is 7.20. The van der Waals surface area contributed by atoms with Gasteiger partial charge >= 0.3 is 6.09 Å². The highest BCUT2D eigenvalue weighted by Gasteiger charge is 2.06. The molecule has 1 N–H and O–H groups in total. The van der Waals surface area contributed by atoms with Crippen LogP contribution in [0.15, 0.2) is 29.4 Å². The molecule has 0 bridgehead atoms. The van der Waals surface area contributed by atoms with Gasteiger partial charge in [0.05, 0.1) is 23.0 Å². The van der Waals surface area contributed by atoms with Crippen LogP contribution in [-0.4, -0.2) is 23.9 Å². The van der Waals surface area contributed by atoms with Crippen LogP contribution in [0.2, 0.25) is 0 Å². The first-order valence-corrected chi connectivity index (χ1v) is 5.76. The highest BCUT2D eigenvalue weighted by Crippen LogP contribution is 2.21. The zero-order chi connectivity index (χ0) is 12.3. The number of para-hydroxylation sites is 1. The summed E-state index contributed by atoms with van der Waals surface area (Å²) in [5.74, 6) is 0. The first-order chi connectivity index (χ1) is 8.20. The predicted molar refractivity (Wildman–Crippen MR) is 67.4 cm³/mol. The van der Waals surface area contributed by atoms with Crippen LogP contribution in [0.4, 0.5) is 4.79 Å². The van der Waals surface area contributed by atoms with E-state index in [1.165, 1.54) is 18.4 Å². The quantitative estimate of drug-likeness (QED) is 0.656. The van der Waals surface area contributed by atoms with E-state index in [2.05, 4.69) is 20.2 Å². The second-order valence-corrected chi connectivity index (χ2v) is 4.32. The van der Waals surface area contributed by atoms with E-state index in [0.717, 1.165) is 15.2 Å². The number of hydrazone groups is 1. The third kappa shape index (κ3) is 2.59. The lowest BCUT2D eigenvalue weighted by molar-refractivity contribution is 0.171. The average molecular weight is 249 g/mol. The van der Waals surface area contributed by atoms with Gasteiger partial charge in [0, 0.05) is 0 Å². The van der Waals surface area contributed by atoms with Crippen LogP contribution in [0.1, 0.15) is 11.9 Å². The first kappa shape index (κ1) is 11.5. The van der Waals surface area contributed by atoms with Gasteiger partial charge in [-0.25, -0.2) is 15.2 Å². The third-order valence-corrected chi connectivity index (χ3v) is 3.25. The van der Waals surface area contributed by atoms with E-state index in [1.807, 2.05) is 24.3 Å². The van der Waals surface area contributed by atoms with Gasteiger partial charge in [-0.15, -0.1) is 11.3 Å². The monoisotopic (exact) mass is 249 g/mol. The van der Waals surface area contributed by atoms with Gasteiger partial charge in [0.2, 0.25) is 0 Å². The summed E-state index contributed by atoms with van der Waals surface area (Å²) < 4.78 is 5.51. The van der Waals surface area contributed by atoms with E-state index in [1.54, 1.807) is 6.92 Å². The van der Waals surface area contributed by atoms with Crippen LogP contribution in [0, 0.1) is 0 Å². The molecule has 6 heteroatoms. The summed E-state index contributed by atoms with van der Waals surface area (Å²) in [7, 11) is 1.29. The summed E-state index contributed by atoms with van der Waals surface area (Å²) >= 11 is 1.53. The zero-order valence-corrected chi connectivity index (χ0v) is 10.2. The molecule has 0 aliphatic carbocycles. The summed E-state index contributed by atoms with van der Waals surface area (Å²) in [5, 5.41) is 4.68. The molecule has 0 atom stereocenters. The molecular weight excluding hydrogens is 238 g/mol. The van der Waals surface area contributed by atoms with E-state index >= 15 is 0 Å². The Morgan fingerprint density at radius 2 is 2.24 bits per heavy atom. The summed E-state index contributed by atoms with van der Waals surface area (Å²) in [5.41, 5.74) is 3.85. The lowest BCUT2D eigenvalue weighted by Crippen LogP contribution is -2.18. The van der Waals surface area contributed by atoms with Crippen molar-refractivity contribution in [2.24, 2.45) is 5.10 Å². The fourth-order valence-corrected chi connectivity index (χ4v) is 2.16. The molecule has 0 radical (unpaired) electrons. The van der Waals surface area contributed by atoms with Crippen molar-refractivity contribution in [1.29, 1.82) is 0 Å². The zero-order valence-electron chi connectivity index (χ0n) is 9.43. The number of aromatic nitrogens is 1. The number of rotatable bonds is 2. The van der Waals surface area contributed by atoms with Crippen LogP contribution in [0.25, 0.3) is 10.2 Å². The average Bonchev–Trinajstić information content (AvgIpc) is 2.79. The van der Waals surface area contributed by atoms with Crippen molar-refractivity contribution in [2.45, 2.75) is 6.92 Å². The number of carbonyl (C=O) groups excluding carboxylic acids is 1. The topological polar surface area (TPSA) is 63.6 Å². The van der Waals surface area contributed by atoms with Gasteiger partial charge in [-0.1, -0.05) is 12.1 Å². The van der Waals surface area contributed by atoms with Crippen molar-refractivity contribution >= 4 is 33.4 Å². The number of carbonyl (C=O) groups is 1. The lowest BCUT2D eigenvalue weighted by atomic mass is 10.3. The van der Waals surface area contributed by atoms with Crippen molar-refractivity contribution in [3.8, 4) is 0 Å². The van der Waals surface area contributed by atoms with Gasteiger partial charge in [-0.3, -0.25) is 0 Å². The number of nitrogens with zero attached hydrogens (tertiary/aromatic N) is 2. The van der Waals surface area contributed by atoms with Gasteiger partial charge in [0.25, 0.3) is 0 Å². The molecule has 2 rings (SSSR count). The first-order valence-electron chi connectivity index (χ1n) is 4.95. The molecule has 1 aromatic heterocycles. The Morgan fingerprint density at radius 1 is 1.47 bits per heavy atom. The third-order valence-electron chi connectivity index (χ3n) is 2.10. The molecule has 0 aliphatic heterocycles. The maximum absolute atomic E-state index is 10.9. The molecule has 2 aromatic rings. The molecule has 0 saturated carbocycles. The standard InChI is InChI=1S/C11H11N3O2S/c1-7(13-14-11(15)16-2)10-12-8-5-3-4-6-9(8)17-10/h3-6H,1-2H3,(H,14,15)/b13-7+. The maximum Gasteiger partial charge on any atom is 0.427 e. The minimum atomic E-state index is -0.592. The van der Waals surface area contributed by atoms with Crippen LogP contribution in [-0.2, 0) is 4.74 Å². The Kier molecular flexibility index (Phi) is 3.34. The van der Waals surface area contributed by atoms with Crippen molar-refractivity contribution < 1.29 is 9.53 Å². The van der Waals surface area contributed by atoms with Crippen molar-refractivity contribution in [2.75, 3.05) is 7.11 Å². The summed E-state index contributed by atoms with van der Waals surface area (Å²) in [6.07, 6.45) is -0.592. The molecule has 5 nitrogen and oxygen atoms in total. The molecule has 0 fully saturated rings. The van der Waals surface area contributed by atoms with Gasteiger partial charge in [-0.2, -0.15) is 5.10 Å². The molecule has 0 unspecified atom stereocenters. The number of amides is 1. The van der Waals surface area contributed by atoms with E-state index in [-0.39, 0.29) is 0 Å². The maximum atomic E-state index is 10.9. The molecule has 88 valence electrons. The van der Waals surface area contributed by atoms with Crippen LogP contribution < -0.4 is 5.43 Å². The molecule has 1 heterocycles. The Labute approximate surface area is 102 Å². The van der Waals surface area contributed by atoms with E-state index in [0.29, 0.717) is 5.71 Å². The predicted octanol–water partition coefficient (Wildman–Crippen LogP) is 2.38.